The van der Waals surface area contributed by atoms with Crippen LogP contribution in [0.1, 0.15) is 22.9 Å². The van der Waals surface area contributed by atoms with Gasteiger partial charge < -0.3 is 0 Å². The molecule has 0 aliphatic heterocycles. The number of nitrogens with zero attached hydrogens (tertiary/aromatic N) is 1. The van der Waals surface area contributed by atoms with Gasteiger partial charge in [-0.3, -0.25) is 10.8 Å². The Morgan fingerprint density at radius 2 is 2.11 bits per heavy atom. The first-order valence-corrected chi connectivity index (χ1v) is 6.24. The molecular weight excluding hydrogens is 297 g/mol. The van der Waals surface area contributed by atoms with Crippen LogP contribution in [0.2, 0.25) is 0 Å². The lowest BCUT2D eigenvalue weighted by Crippen LogP contribution is -2.30. The van der Waals surface area contributed by atoms with E-state index in [0.717, 1.165) is 10.0 Å². The molecule has 0 saturated carbocycles. The van der Waals surface area contributed by atoms with Gasteiger partial charge in [-0.2, -0.15) is 0 Å². The molecule has 3 nitrogen and oxygen atoms in total. The van der Waals surface area contributed by atoms with Crippen molar-refractivity contribution in [2.24, 2.45) is 5.84 Å². The second-order valence-corrected chi connectivity index (χ2v) is 4.94. The maximum Gasteiger partial charge on any atom is 0.128 e. The van der Waals surface area contributed by atoms with Crippen molar-refractivity contribution in [1.82, 2.24) is 10.4 Å². The molecule has 0 saturated heterocycles. The van der Waals surface area contributed by atoms with Gasteiger partial charge in [0.25, 0.3) is 0 Å². The van der Waals surface area contributed by atoms with Crippen LogP contribution in [-0.2, 0) is 0 Å². The van der Waals surface area contributed by atoms with Gasteiger partial charge in [-0.15, -0.1) is 0 Å². The maximum atomic E-state index is 13.8. The molecule has 5 heteroatoms. The summed E-state index contributed by atoms with van der Waals surface area (Å²) in [6, 6.07) is 8.04. The van der Waals surface area contributed by atoms with Gasteiger partial charge in [-0.1, -0.05) is 15.9 Å². The zero-order chi connectivity index (χ0) is 13.1. The molecule has 1 aromatic carbocycles. The van der Waals surface area contributed by atoms with Crippen LogP contribution in [-0.4, -0.2) is 4.98 Å². The molecule has 0 spiro atoms. The summed E-state index contributed by atoms with van der Waals surface area (Å²) in [5.74, 6) is 5.22. The Kier molecular flexibility index (Phi) is 4.06. The van der Waals surface area contributed by atoms with E-state index in [9.17, 15) is 4.39 Å². The van der Waals surface area contributed by atoms with Crippen molar-refractivity contribution in [3.63, 3.8) is 0 Å². The number of aryl methyl sites for hydroxylation is 1. The van der Waals surface area contributed by atoms with E-state index in [1.54, 1.807) is 18.3 Å². The molecule has 0 bridgehead atoms. The van der Waals surface area contributed by atoms with Gasteiger partial charge in [-0.05, 0) is 42.8 Å². The summed E-state index contributed by atoms with van der Waals surface area (Å²) in [5.41, 5.74) is 4.81. The third-order valence-electron chi connectivity index (χ3n) is 2.67. The lowest BCUT2D eigenvalue weighted by atomic mass is 10.0. The van der Waals surface area contributed by atoms with Crippen LogP contribution in [0, 0.1) is 12.7 Å². The van der Waals surface area contributed by atoms with Gasteiger partial charge in [-0.25, -0.2) is 9.82 Å². The summed E-state index contributed by atoms with van der Waals surface area (Å²) in [6.07, 6.45) is 1.69. The highest BCUT2D eigenvalue weighted by atomic mass is 79.9. The fourth-order valence-corrected chi connectivity index (χ4v) is 2.17. The molecule has 3 N–H and O–H groups in total. The van der Waals surface area contributed by atoms with Crippen molar-refractivity contribution in [2.45, 2.75) is 13.0 Å². The number of nitrogens with two attached hydrogens (primary N) is 1. The number of hydrogen-bond donors (Lipinski definition) is 2. The molecule has 0 fully saturated rings. The zero-order valence-corrected chi connectivity index (χ0v) is 11.4. The average molecular weight is 310 g/mol. The Balaban J connectivity index is 2.48. The number of aromatic nitrogens is 1. The SMILES string of the molecule is Cc1ccnc(C(NN)c2cc(Br)ccc2F)c1. The van der Waals surface area contributed by atoms with Gasteiger partial charge in [0.15, 0.2) is 0 Å². The Hall–Kier alpha value is -1.30. The molecule has 2 rings (SSSR count). The van der Waals surface area contributed by atoms with Crippen LogP contribution in [0.25, 0.3) is 0 Å². The summed E-state index contributed by atoms with van der Waals surface area (Å²) < 4.78 is 14.6. The summed E-state index contributed by atoms with van der Waals surface area (Å²) >= 11 is 3.33. The van der Waals surface area contributed by atoms with E-state index in [1.165, 1.54) is 6.07 Å². The Bertz CT molecular complexity index is 560. The topological polar surface area (TPSA) is 50.9 Å². The lowest BCUT2D eigenvalue weighted by Gasteiger charge is -2.17. The third-order valence-corrected chi connectivity index (χ3v) is 3.16. The molecule has 1 unspecified atom stereocenters. The van der Waals surface area contributed by atoms with E-state index in [1.807, 2.05) is 19.1 Å². The molecule has 1 aromatic heterocycles. The summed E-state index contributed by atoms with van der Waals surface area (Å²) in [5, 5.41) is 0. The second kappa shape index (κ2) is 5.56. The highest BCUT2D eigenvalue weighted by Crippen LogP contribution is 2.25. The van der Waals surface area contributed by atoms with Gasteiger partial charge in [0.2, 0.25) is 0 Å². The minimum Gasteiger partial charge on any atom is -0.271 e. The number of rotatable bonds is 3. The highest BCUT2D eigenvalue weighted by molar-refractivity contribution is 9.10. The van der Waals surface area contributed by atoms with Gasteiger partial charge >= 0.3 is 0 Å². The minimum absolute atomic E-state index is 0.315. The predicted octanol–water partition coefficient (Wildman–Crippen LogP) is 2.84. The van der Waals surface area contributed by atoms with Crippen molar-refractivity contribution < 1.29 is 4.39 Å². The van der Waals surface area contributed by atoms with Crippen molar-refractivity contribution in [3.8, 4) is 0 Å². The van der Waals surface area contributed by atoms with E-state index in [-0.39, 0.29) is 5.82 Å². The van der Waals surface area contributed by atoms with Gasteiger partial charge in [0, 0.05) is 16.2 Å². The first-order valence-electron chi connectivity index (χ1n) is 5.45. The normalized spacial score (nSPS) is 12.4. The zero-order valence-electron chi connectivity index (χ0n) is 9.82. The number of hydrogen-bond acceptors (Lipinski definition) is 3. The van der Waals surface area contributed by atoms with Crippen LogP contribution in [0.15, 0.2) is 41.0 Å². The first kappa shape index (κ1) is 13.1. The van der Waals surface area contributed by atoms with Crippen LogP contribution >= 0.6 is 15.9 Å². The van der Waals surface area contributed by atoms with E-state index in [4.69, 9.17) is 5.84 Å². The summed E-state index contributed by atoms with van der Waals surface area (Å²) in [4.78, 5) is 4.23. The number of hydrazine groups is 1. The second-order valence-electron chi connectivity index (χ2n) is 4.02. The van der Waals surface area contributed by atoms with Crippen molar-refractivity contribution in [3.05, 3.63) is 63.6 Å². The smallest absolute Gasteiger partial charge is 0.128 e. The predicted molar refractivity (Wildman–Crippen MR) is 72.2 cm³/mol. The molecule has 2 aromatic rings. The van der Waals surface area contributed by atoms with E-state index >= 15 is 0 Å². The van der Waals surface area contributed by atoms with Gasteiger partial charge in [0.1, 0.15) is 5.82 Å². The summed E-state index contributed by atoms with van der Waals surface area (Å²) in [7, 11) is 0. The van der Waals surface area contributed by atoms with Crippen molar-refractivity contribution in [2.75, 3.05) is 0 Å². The molecule has 18 heavy (non-hydrogen) atoms. The molecule has 0 radical (unpaired) electrons. The molecule has 1 atom stereocenters. The molecule has 0 aliphatic rings. The summed E-state index contributed by atoms with van der Waals surface area (Å²) in [6.45, 7) is 1.95. The fourth-order valence-electron chi connectivity index (χ4n) is 1.79. The largest absolute Gasteiger partial charge is 0.271 e. The van der Waals surface area contributed by atoms with Crippen LogP contribution in [0.5, 0.6) is 0 Å². The lowest BCUT2D eigenvalue weighted by molar-refractivity contribution is 0.552. The number of nitrogens with one attached hydrogen (secondary N) is 1. The first-order chi connectivity index (χ1) is 8.61. The van der Waals surface area contributed by atoms with Crippen LogP contribution in [0.3, 0.4) is 0 Å². The van der Waals surface area contributed by atoms with Crippen LogP contribution < -0.4 is 11.3 Å². The number of pyridine rings is 1. The molecule has 0 aliphatic carbocycles. The Morgan fingerprint density at radius 1 is 1.33 bits per heavy atom. The maximum absolute atomic E-state index is 13.8. The van der Waals surface area contributed by atoms with E-state index in [2.05, 4.69) is 26.3 Å². The van der Waals surface area contributed by atoms with Gasteiger partial charge in [0.05, 0.1) is 11.7 Å². The minimum atomic E-state index is -0.470. The standard InChI is InChI=1S/C13H13BrFN3/c1-8-4-5-17-12(6-8)13(18-16)10-7-9(14)2-3-11(10)15/h2-7,13,18H,16H2,1H3. The molecule has 94 valence electrons. The van der Waals surface area contributed by atoms with Crippen molar-refractivity contribution in [1.29, 1.82) is 0 Å². The monoisotopic (exact) mass is 309 g/mol. The quantitative estimate of drug-likeness (QED) is 0.677. The van der Waals surface area contributed by atoms with E-state index in [0.29, 0.717) is 11.3 Å². The van der Waals surface area contributed by atoms with Crippen molar-refractivity contribution >= 4 is 15.9 Å². The highest BCUT2D eigenvalue weighted by Gasteiger charge is 2.18. The molecular formula is C13H13BrFN3. The number of benzene rings is 1. The molecule has 1 heterocycles. The van der Waals surface area contributed by atoms with Crippen LogP contribution in [0.4, 0.5) is 4.39 Å². The number of halogens is 2. The Labute approximate surface area is 113 Å². The van der Waals surface area contributed by atoms with E-state index < -0.39 is 6.04 Å². The third kappa shape index (κ3) is 2.75. The fraction of sp³-hybridized carbons (Fsp3) is 0.154. The average Bonchev–Trinajstić information content (AvgIpc) is 2.35. The molecule has 0 amide bonds. The Morgan fingerprint density at radius 3 is 2.78 bits per heavy atom.